The maximum absolute atomic E-state index is 11.7. The van der Waals surface area contributed by atoms with Crippen LogP contribution in [0, 0.1) is 0 Å². The standard InChI is InChI=1S/C11H10Cl2O3/c1-2-15-10(14)11(6-16-11)8-4-3-7(12)5-9(8)13/h3-5H,2,6H2,1H3. The molecule has 0 amide bonds. The summed E-state index contributed by atoms with van der Waals surface area (Å²) in [6, 6.07) is 4.95. The van der Waals surface area contributed by atoms with Crippen LogP contribution in [-0.4, -0.2) is 19.2 Å². The topological polar surface area (TPSA) is 38.8 Å². The van der Waals surface area contributed by atoms with Crippen molar-refractivity contribution in [1.82, 2.24) is 0 Å². The van der Waals surface area contributed by atoms with Crippen LogP contribution >= 0.6 is 23.2 Å². The zero-order valence-corrected chi connectivity index (χ0v) is 10.1. The van der Waals surface area contributed by atoms with Gasteiger partial charge in [0, 0.05) is 15.6 Å². The minimum atomic E-state index is -1.02. The third-order valence-corrected chi connectivity index (χ3v) is 2.95. The molecule has 0 N–H and O–H groups in total. The minimum absolute atomic E-state index is 0.299. The molecule has 3 nitrogen and oxygen atoms in total. The molecule has 86 valence electrons. The van der Waals surface area contributed by atoms with Gasteiger partial charge in [0.25, 0.3) is 0 Å². The average Bonchev–Trinajstić information content (AvgIpc) is 2.99. The summed E-state index contributed by atoms with van der Waals surface area (Å²) in [5.74, 6) is -0.403. The van der Waals surface area contributed by atoms with E-state index in [4.69, 9.17) is 32.7 Å². The van der Waals surface area contributed by atoms with Crippen molar-refractivity contribution in [3.05, 3.63) is 33.8 Å². The summed E-state index contributed by atoms with van der Waals surface area (Å²) in [6.07, 6.45) is 0. The molecule has 1 aliphatic rings. The number of halogens is 2. The lowest BCUT2D eigenvalue weighted by Gasteiger charge is -2.12. The van der Waals surface area contributed by atoms with Crippen LogP contribution in [-0.2, 0) is 19.9 Å². The quantitative estimate of drug-likeness (QED) is 0.620. The first kappa shape index (κ1) is 11.7. The Labute approximate surface area is 103 Å². The third-order valence-electron chi connectivity index (χ3n) is 2.40. The van der Waals surface area contributed by atoms with Crippen molar-refractivity contribution in [1.29, 1.82) is 0 Å². The smallest absolute Gasteiger partial charge is 0.345 e. The zero-order chi connectivity index (χ0) is 11.8. The molecule has 0 bridgehead atoms. The molecule has 1 aromatic rings. The molecular weight excluding hydrogens is 251 g/mol. The normalized spacial score (nSPS) is 22.9. The van der Waals surface area contributed by atoms with Gasteiger partial charge in [-0.05, 0) is 19.1 Å². The lowest BCUT2D eigenvalue weighted by Crippen LogP contribution is -2.25. The Balaban J connectivity index is 2.33. The molecule has 1 saturated heterocycles. The van der Waals surface area contributed by atoms with Gasteiger partial charge in [-0.25, -0.2) is 4.79 Å². The molecule has 0 aromatic heterocycles. The van der Waals surface area contributed by atoms with Crippen LogP contribution < -0.4 is 0 Å². The van der Waals surface area contributed by atoms with E-state index < -0.39 is 11.6 Å². The Hall–Kier alpha value is -0.770. The first-order valence-corrected chi connectivity index (χ1v) is 5.62. The van der Waals surface area contributed by atoms with Gasteiger partial charge in [0.05, 0.1) is 13.2 Å². The zero-order valence-electron chi connectivity index (χ0n) is 8.63. The lowest BCUT2D eigenvalue weighted by molar-refractivity contribution is -0.149. The summed E-state index contributed by atoms with van der Waals surface area (Å²) >= 11 is 11.8. The fourth-order valence-electron chi connectivity index (χ4n) is 1.52. The molecule has 1 aromatic carbocycles. The van der Waals surface area contributed by atoms with Crippen molar-refractivity contribution >= 4 is 29.2 Å². The van der Waals surface area contributed by atoms with Gasteiger partial charge in [-0.1, -0.05) is 29.3 Å². The Bertz CT molecular complexity index is 427. The van der Waals surface area contributed by atoms with Crippen molar-refractivity contribution < 1.29 is 14.3 Å². The highest BCUT2D eigenvalue weighted by atomic mass is 35.5. The summed E-state index contributed by atoms with van der Waals surface area (Å²) < 4.78 is 10.2. The van der Waals surface area contributed by atoms with Crippen LogP contribution in [0.3, 0.4) is 0 Å². The van der Waals surface area contributed by atoms with E-state index in [9.17, 15) is 4.79 Å². The summed E-state index contributed by atoms with van der Waals surface area (Å²) in [4.78, 5) is 11.7. The van der Waals surface area contributed by atoms with Gasteiger partial charge in [-0.3, -0.25) is 0 Å². The number of rotatable bonds is 3. The number of ether oxygens (including phenoxy) is 2. The van der Waals surface area contributed by atoms with Gasteiger partial charge >= 0.3 is 5.97 Å². The van der Waals surface area contributed by atoms with Crippen LogP contribution in [0.5, 0.6) is 0 Å². The molecule has 1 aliphatic heterocycles. The Morgan fingerprint density at radius 3 is 2.75 bits per heavy atom. The largest absolute Gasteiger partial charge is 0.464 e. The average molecular weight is 261 g/mol. The highest BCUT2D eigenvalue weighted by Crippen LogP contribution is 2.43. The Kier molecular flexibility index (Phi) is 3.10. The highest BCUT2D eigenvalue weighted by molar-refractivity contribution is 6.35. The monoisotopic (exact) mass is 260 g/mol. The van der Waals surface area contributed by atoms with E-state index in [1.54, 1.807) is 25.1 Å². The number of epoxide rings is 1. The molecule has 1 fully saturated rings. The van der Waals surface area contributed by atoms with Gasteiger partial charge in [0.15, 0.2) is 0 Å². The number of carbonyl (C=O) groups excluding carboxylic acids is 1. The molecule has 1 unspecified atom stereocenters. The molecule has 0 aliphatic carbocycles. The number of hydrogen-bond donors (Lipinski definition) is 0. The van der Waals surface area contributed by atoms with Gasteiger partial charge < -0.3 is 9.47 Å². The van der Waals surface area contributed by atoms with E-state index in [0.29, 0.717) is 28.8 Å². The second-order valence-corrected chi connectivity index (χ2v) is 4.30. The van der Waals surface area contributed by atoms with Gasteiger partial charge in [-0.15, -0.1) is 0 Å². The van der Waals surface area contributed by atoms with E-state index in [2.05, 4.69) is 0 Å². The Morgan fingerprint density at radius 2 is 2.25 bits per heavy atom. The van der Waals surface area contributed by atoms with E-state index in [-0.39, 0.29) is 0 Å². The maximum atomic E-state index is 11.7. The third kappa shape index (κ3) is 1.90. The van der Waals surface area contributed by atoms with Crippen LogP contribution in [0.15, 0.2) is 18.2 Å². The van der Waals surface area contributed by atoms with Gasteiger partial charge in [0.1, 0.15) is 0 Å². The summed E-state index contributed by atoms with van der Waals surface area (Å²) in [5.41, 5.74) is -0.408. The summed E-state index contributed by atoms with van der Waals surface area (Å²) in [7, 11) is 0. The lowest BCUT2D eigenvalue weighted by atomic mass is 10.0. The van der Waals surface area contributed by atoms with Gasteiger partial charge in [0.2, 0.25) is 5.60 Å². The second kappa shape index (κ2) is 4.24. The SMILES string of the molecule is CCOC(=O)C1(c2ccc(Cl)cc2Cl)CO1. The van der Waals surface area contributed by atoms with E-state index in [0.717, 1.165) is 0 Å². The van der Waals surface area contributed by atoms with Crippen molar-refractivity contribution in [3.8, 4) is 0 Å². The van der Waals surface area contributed by atoms with Crippen molar-refractivity contribution in [3.63, 3.8) is 0 Å². The van der Waals surface area contributed by atoms with Crippen molar-refractivity contribution in [2.45, 2.75) is 12.5 Å². The summed E-state index contributed by atoms with van der Waals surface area (Å²) in [5, 5.41) is 0.937. The number of benzene rings is 1. The molecule has 0 radical (unpaired) electrons. The first-order valence-electron chi connectivity index (χ1n) is 4.87. The van der Waals surface area contributed by atoms with Crippen LogP contribution in [0.4, 0.5) is 0 Å². The molecule has 16 heavy (non-hydrogen) atoms. The first-order chi connectivity index (χ1) is 7.60. The molecule has 0 saturated carbocycles. The summed E-state index contributed by atoms with van der Waals surface area (Å²) in [6.45, 7) is 2.36. The van der Waals surface area contributed by atoms with E-state index in [1.807, 2.05) is 0 Å². The van der Waals surface area contributed by atoms with E-state index >= 15 is 0 Å². The van der Waals surface area contributed by atoms with Crippen molar-refractivity contribution in [2.75, 3.05) is 13.2 Å². The van der Waals surface area contributed by atoms with E-state index in [1.165, 1.54) is 0 Å². The van der Waals surface area contributed by atoms with Crippen LogP contribution in [0.25, 0.3) is 0 Å². The van der Waals surface area contributed by atoms with Crippen LogP contribution in [0.1, 0.15) is 12.5 Å². The predicted molar refractivity (Wildman–Crippen MR) is 60.7 cm³/mol. The molecule has 2 rings (SSSR count). The Morgan fingerprint density at radius 1 is 1.56 bits per heavy atom. The van der Waals surface area contributed by atoms with Gasteiger partial charge in [-0.2, -0.15) is 0 Å². The second-order valence-electron chi connectivity index (χ2n) is 3.46. The minimum Gasteiger partial charge on any atom is -0.464 e. The molecule has 0 spiro atoms. The molecule has 1 atom stereocenters. The predicted octanol–water partition coefficient (Wildman–Crippen LogP) is 2.78. The fourth-order valence-corrected chi connectivity index (χ4v) is 2.08. The number of hydrogen-bond acceptors (Lipinski definition) is 3. The fraction of sp³-hybridized carbons (Fsp3) is 0.364. The maximum Gasteiger partial charge on any atom is 0.345 e. The highest BCUT2D eigenvalue weighted by Gasteiger charge is 2.56. The molecule has 5 heteroatoms. The number of carbonyl (C=O) groups is 1. The molecule has 1 heterocycles. The molecular formula is C11H10Cl2O3. The van der Waals surface area contributed by atoms with Crippen LogP contribution in [0.2, 0.25) is 10.0 Å². The number of esters is 1. The van der Waals surface area contributed by atoms with Crippen molar-refractivity contribution in [2.24, 2.45) is 0 Å².